The van der Waals surface area contributed by atoms with E-state index in [9.17, 15) is 0 Å². The minimum absolute atomic E-state index is 0.470. The quantitative estimate of drug-likeness (QED) is 0.318. The van der Waals surface area contributed by atoms with Gasteiger partial charge in [-0.3, -0.25) is 0 Å². The van der Waals surface area contributed by atoms with Gasteiger partial charge in [-0.25, -0.2) is 5.43 Å². The summed E-state index contributed by atoms with van der Waals surface area (Å²) in [6, 6.07) is 15.5. The maximum Gasteiger partial charge on any atom is 0.250 e. The molecule has 2 saturated heterocycles. The van der Waals surface area contributed by atoms with Gasteiger partial charge in [0, 0.05) is 31.2 Å². The molecule has 9 heteroatoms. The average molecular weight is 506 g/mol. The summed E-state index contributed by atoms with van der Waals surface area (Å²) in [6.07, 6.45) is 8.95. The molecular formula is C27H32ClN7O. The van der Waals surface area contributed by atoms with E-state index in [1.54, 1.807) is 6.21 Å². The van der Waals surface area contributed by atoms with Crippen molar-refractivity contribution in [3.63, 3.8) is 0 Å². The third-order valence-electron chi connectivity index (χ3n) is 6.44. The summed E-state index contributed by atoms with van der Waals surface area (Å²) in [5, 5.41) is 5.13. The van der Waals surface area contributed by atoms with Crippen molar-refractivity contribution in [3.8, 4) is 5.75 Å². The largest absolute Gasteiger partial charge is 0.489 e. The molecule has 2 aromatic carbocycles. The number of anilines is 3. The number of ether oxygens (including phenoxy) is 1. The summed E-state index contributed by atoms with van der Waals surface area (Å²) < 4.78 is 5.93. The van der Waals surface area contributed by atoms with Crippen LogP contribution in [0.4, 0.5) is 17.8 Å². The van der Waals surface area contributed by atoms with Gasteiger partial charge in [-0.1, -0.05) is 35.9 Å². The number of halogens is 1. The predicted molar refractivity (Wildman–Crippen MR) is 145 cm³/mol. The Bertz CT molecular complexity index is 1120. The molecule has 0 bridgehead atoms. The third kappa shape index (κ3) is 6.63. The van der Waals surface area contributed by atoms with Crippen molar-refractivity contribution in [1.29, 1.82) is 0 Å². The Labute approximate surface area is 217 Å². The summed E-state index contributed by atoms with van der Waals surface area (Å²) in [4.78, 5) is 18.7. The van der Waals surface area contributed by atoms with Gasteiger partial charge in [0.1, 0.15) is 12.4 Å². The minimum atomic E-state index is 0.470. The molecule has 2 aliphatic heterocycles. The van der Waals surface area contributed by atoms with Gasteiger partial charge in [-0.2, -0.15) is 20.1 Å². The highest BCUT2D eigenvalue weighted by molar-refractivity contribution is 6.30. The Morgan fingerprint density at radius 3 is 2.11 bits per heavy atom. The Morgan fingerprint density at radius 2 is 1.47 bits per heavy atom. The van der Waals surface area contributed by atoms with E-state index in [0.29, 0.717) is 17.6 Å². The lowest BCUT2D eigenvalue weighted by molar-refractivity contribution is 0.306. The zero-order valence-electron chi connectivity index (χ0n) is 20.4. The third-order valence-corrected chi connectivity index (χ3v) is 6.70. The smallest absolute Gasteiger partial charge is 0.250 e. The molecule has 8 nitrogen and oxygen atoms in total. The first-order chi connectivity index (χ1) is 17.7. The van der Waals surface area contributed by atoms with Crippen molar-refractivity contribution >= 4 is 35.7 Å². The van der Waals surface area contributed by atoms with Gasteiger partial charge in [-0.15, -0.1) is 0 Å². The molecule has 1 N–H and O–H groups in total. The standard InChI is InChI=1S/C27H32ClN7O/c28-23-12-10-21(11-13-23)20-36-24-9-7-8-22(18-24)19-29-33-25-30-26(34-14-3-1-4-15-34)32-27(31-25)35-16-5-2-6-17-35/h7-13,18-19H,1-6,14-17,20H2,(H,30,31,32,33)/b29-19-. The fourth-order valence-corrected chi connectivity index (χ4v) is 4.60. The normalized spacial score (nSPS) is 16.4. The van der Waals surface area contributed by atoms with Gasteiger partial charge in [0.05, 0.1) is 6.21 Å². The Hall–Kier alpha value is -3.39. The fraction of sp³-hybridized carbons (Fsp3) is 0.407. The van der Waals surface area contributed by atoms with Crippen molar-refractivity contribution in [1.82, 2.24) is 15.0 Å². The maximum absolute atomic E-state index is 5.96. The van der Waals surface area contributed by atoms with Crippen molar-refractivity contribution in [2.45, 2.75) is 45.1 Å². The van der Waals surface area contributed by atoms with E-state index >= 15 is 0 Å². The van der Waals surface area contributed by atoms with Crippen LogP contribution in [0.5, 0.6) is 5.75 Å². The number of hydrogen-bond acceptors (Lipinski definition) is 8. The number of rotatable bonds is 8. The zero-order valence-corrected chi connectivity index (χ0v) is 21.2. The molecule has 5 rings (SSSR count). The topological polar surface area (TPSA) is 78.8 Å². The fourth-order valence-electron chi connectivity index (χ4n) is 4.47. The number of hydrogen-bond donors (Lipinski definition) is 1. The first-order valence-corrected chi connectivity index (χ1v) is 13.1. The molecule has 0 amide bonds. The predicted octanol–water partition coefficient (Wildman–Crippen LogP) is 5.53. The second kappa shape index (κ2) is 12.0. The van der Waals surface area contributed by atoms with E-state index in [4.69, 9.17) is 21.3 Å². The van der Waals surface area contributed by atoms with Gasteiger partial charge in [0.25, 0.3) is 0 Å². The Balaban J connectivity index is 1.26. The molecule has 0 radical (unpaired) electrons. The molecule has 2 fully saturated rings. The first kappa shape index (κ1) is 24.3. The Kier molecular flexibility index (Phi) is 8.13. The minimum Gasteiger partial charge on any atom is -0.489 e. The average Bonchev–Trinajstić information content (AvgIpc) is 2.94. The molecule has 3 aromatic rings. The van der Waals surface area contributed by atoms with E-state index < -0.39 is 0 Å². The number of aromatic nitrogens is 3. The van der Waals surface area contributed by atoms with Crippen molar-refractivity contribution in [3.05, 3.63) is 64.7 Å². The monoisotopic (exact) mass is 505 g/mol. The first-order valence-electron chi connectivity index (χ1n) is 12.8. The molecular weight excluding hydrogens is 474 g/mol. The molecule has 3 heterocycles. The molecule has 0 saturated carbocycles. The van der Waals surface area contributed by atoms with E-state index in [-0.39, 0.29) is 0 Å². The maximum atomic E-state index is 5.96. The molecule has 36 heavy (non-hydrogen) atoms. The van der Waals surface area contributed by atoms with Gasteiger partial charge in [0.2, 0.25) is 17.8 Å². The van der Waals surface area contributed by atoms with Crippen molar-refractivity contribution < 1.29 is 4.74 Å². The van der Waals surface area contributed by atoms with Gasteiger partial charge in [-0.05, 0) is 73.9 Å². The molecule has 0 unspecified atom stereocenters. The highest BCUT2D eigenvalue weighted by Gasteiger charge is 2.20. The summed E-state index contributed by atoms with van der Waals surface area (Å²) in [5.41, 5.74) is 5.01. The number of piperidine rings is 2. The van der Waals surface area contributed by atoms with E-state index in [0.717, 1.165) is 55.0 Å². The van der Waals surface area contributed by atoms with Crippen LogP contribution < -0.4 is 20.0 Å². The summed E-state index contributed by atoms with van der Waals surface area (Å²) in [5.74, 6) is 2.72. The van der Waals surface area contributed by atoms with E-state index in [1.807, 2.05) is 48.5 Å². The molecule has 1 aromatic heterocycles. The number of hydrazone groups is 1. The van der Waals surface area contributed by atoms with Crippen molar-refractivity contribution in [2.24, 2.45) is 5.10 Å². The summed E-state index contributed by atoms with van der Waals surface area (Å²) >= 11 is 5.96. The van der Waals surface area contributed by atoms with Crippen molar-refractivity contribution in [2.75, 3.05) is 41.4 Å². The summed E-state index contributed by atoms with van der Waals surface area (Å²) in [6.45, 7) is 4.40. The SMILES string of the molecule is Clc1ccc(COc2cccc(/C=N\Nc3nc(N4CCCCC4)nc(N4CCCCC4)n3)c2)cc1. The second-order valence-corrected chi connectivity index (χ2v) is 9.65. The van der Waals surface area contributed by atoms with Crippen LogP contribution in [0, 0.1) is 0 Å². The lowest BCUT2D eigenvalue weighted by atomic mass is 10.1. The van der Waals surface area contributed by atoms with Crippen LogP contribution >= 0.6 is 11.6 Å². The van der Waals surface area contributed by atoms with Crippen LogP contribution in [0.15, 0.2) is 53.6 Å². The second-order valence-electron chi connectivity index (χ2n) is 9.21. The zero-order chi connectivity index (χ0) is 24.6. The van der Waals surface area contributed by atoms with Gasteiger partial charge < -0.3 is 14.5 Å². The number of benzene rings is 2. The van der Waals surface area contributed by atoms with Crippen LogP contribution in [-0.2, 0) is 6.61 Å². The van der Waals surface area contributed by atoms with Gasteiger partial charge >= 0.3 is 0 Å². The van der Waals surface area contributed by atoms with Crippen LogP contribution in [0.3, 0.4) is 0 Å². The van der Waals surface area contributed by atoms with Crippen LogP contribution in [0.25, 0.3) is 0 Å². The van der Waals surface area contributed by atoms with Crippen LogP contribution in [0.2, 0.25) is 5.02 Å². The lowest BCUT2D eigenvalue weighted by Gasteiger charge is -2.30. The lowest BCUT2D eigenvalue weighted by Crippen LogP contribution is -2.34. The highest BCUT2D eigenvalue weighted by Crippen LogP contribution is 2.22. The molecule has 0 aliphatic carbocycles. The number of nitrogens with zero attached hydrogens (tertiary/aromatic N) is 6. The van der Waals surface area contributed by atoms with E-state index in [2.05, 4.69) is 30.3 Å². The Morgan fingerprint density at radius 1 is 0.833 bits per heavy atom. The molecule has 0 spiro atoms. The molecule has 2 aliphatic rings. The van der Waals surface area contributed by atoms with Gasteiger partial charge in [0.15, 0.2) is 0 Å². The highest BCUT2D eigenvalue weighted by atomic mass is 35.5. The molecule has 188 valence electrons. The van der Waals surface area contributed by atoms with Crippen LogP contribution in [0.1, 0.15) is 49.7 Å². The summed E-state index contributed by atoms with van der Waals surface area (Å²) in [7, 11) is 0. The van der Waals surface area contributed by atoms with Crippen LogP contribution in [-0.4, -0.2) is 47.3 Å². The van der Waals surface area contributed by atoms with E-state index in [1.165, 1.54) is 38.5 Å². The molecule has 0 atom stereocenters. The number of nitrogens with one attached hydrogen (secondary N) is 1.